The van der Waals surface area contributed by atoms with E-state index >= 15 is 0 Å². The molecular formula is C22H25N5OS. The Balaban J connectivity index is 1.66. The molecule has 0 aliphatic rings. The van der Waals surface area contributed by atoms with Gasteiger partial charge in [-0.25, -0.2) is 9.97 Å². The summed E-state index contributed by atoms with van der Waals surface area (Å²) in [6, 6.07) is 15.8. The van der Waals surface area contributed by atoms with Crippen molar-refractivity contribution in [3.8, 4) is 0 Å². The topological polar surface area (TPSA) is 66.2 Å². The number of para-hydroxylation sites is 1. The lowest BCUT2D eigenvalue weighted by Crippen LogP contribution is -2.47. The normalized spacial score (nSPS) is 14.8. The highest BCUT2D eigenvalue weighted by Crippen LogP contribution is 2.36. The zero-order chi connectivity index (χ0) is 20.6. The molecule has 2 aromatic heterocycles. The maximum atomic E-state index is 11.8. The number of hydrogen-bond donors (Lipinski definition) is 2. The molecule has 150 valence electrons. The van der Waals surface area contributed by atoms with Gasteiger partial charge in [0.25, 0.3) is 0 Å². The maximum absolute atomic E-state index is 11.8. The monoisotopic (exact) mass is 407 g/mol. The van der Waals surface area contributed by atoms with E-state index in [-0.39, 0.29) is 6.04 Å². The molecule has 2 N–H and O–H groups in total. The van der Waals surface area contributed by atoms with Crippen LogP contribution in [0, 0.1) is 0 Å². The number of nitrogens with one attached hydrogen (secondary N) is 1. The fraction of sp³-hybridized carbons (Fsp3) is 0.273. The van der Waals surface area contributed by atoms with Crippen LogP contribution >= 0.6 is 11.3 Å². The van der Waals surface area contributed by atoms with E-state index in [4.69, 9.17) is 0 Å². The fourth-order valence-corrected chi connectivity index (χ4v) is 4.44. The minimum Gasteiger partial charge on any atom is -0.377 e. The number of thiazole rings is 1. The van der Waals surface area contributed by atoms with Crippen LogP contribution in [0.1, 0.15) is 18.2 Å². The van der Waals surface area contributed by atoms with Gasteiger partial charge in [-0.1, -0.05) is 35.6 Å². The van der Waals surface area contributed by atoms with Gasteiger partial charge in [0.05, 0.1) is 28.4 Å². The Morgan fingerprint density at radius 3 is 2.48 bits per heavy atom. The van der Waals surface area contributed by atoms with Crippen molar-refractivity contribution < 1.29 is 5.11 Å². The highest BCUT2D eigenvalue weighted by Gasteiger charge is 2.41. The Hall–Kier alpha value is -2.74. The van der Waals surface area contributed by atoms with Gasteiger partial charge in [0.15, 0.2) is 5.13 Å². The Labute approximate surface area is 174 Å². The summed E-state index contributed by atoms with van der Waals surface area (Å²) in [5.41, 5.74) is 2.30. The fourth-order valence-electron chi connectivity index (χ4n) is 3.56. The Morgan fingerprint density at radius 2 is 1.86 bits per heavy atom. The predicted molar refractivity (Wildman–Crippen MR) is 119 cm³/mol. The number of likely N-dealkylation sites (N-methyl/N-ethyl adjacent to an activating group) is 1. The third-order valence-electron chi connectivity index (χ3n) is 5.46. The van der Waals surface area contributed by atoms with Crippen LogP contribution in [-0.4, -0.2) is 44.7 Å². The number of hydrogen-bond acceptors (Lipinski definition) is 6. The summed E-state index contributed by atoms with van der Waals surface area (Å²) in [7, 11) is 5.84. The number of imidazole rings is 1. The van der Waals surface area contributed by atoms with Gasteiger partial charge < -0.3 is 19.9 Å². The van der Waals surface area contributed by atoms with E-state index in [1.54, 1.807) is 23.9 Å². The quantitative estimate of drug-likeness (QED) is 0.506. The lowest BCUT2D eigenvalue weighted by Gasteiger charge is -2.38. The first kappa shape index (κ1) is 19.6. The molecule has 2 unspecified atom stereocenters. The summed E-state index contributed by atoms with van der Waals surface area (Å²) in [6.45, 7) is 2.01. The lowest BCUT2D eigenvalue weighted by atomic mass is 9.83. The van der Waals surface area contributed by atoms with Crippen LogP contribution in [0.4, 0.5) is 10.8 Å². The number of benzene rings is 2. The van der Waals surface area contributed by atoms with E-state index in [1.165, 1.54) is 0 Å². The minimum absolute atomic E-state index is 0.152. The molecule has 2 atom stereocenters. The van der Waals surface area contributed by atoms with Crippen LogP contribution in [-0.2, 0) is 12.6 Å². The number of anilines is 2. The molecule has 4 rings (SSSR count). The van der Waals surface area contributed by atoms with Gasteiger partial charge >= 0.3 is 0 Å². The molecule has 2 aromatic carbocycles. The van der Waals surface area contributed by atoms with Crippen molar-refractivity contribution in [2.75, 3.05) is 19.4 Å². The smallest absolute Gasteiger partial charge is 0.188 e. The van der Waals surface area contributed by atoms with Crippen LogP contribution < -0.4 is 5.32 Å². The molecule has 4 aromatic rings. The van der Waals surface area contributed by atoms with Gasteiger partial charge in [-0.05, 0) is 50.8 Å². The number of aliphatic hydroxyl groups is 1. The summed E-state index contributed by atoms with van der Waals surface area (Å²) in [4.78, 5) is 10.9. The van der Waals surface area contributed by atoms with E-state index in [0.29, 0.717) is 0 Å². The second kappa shape index (κ2) is 7.59. The summed E-state index contributed by atoms with van der Waals surface area (Å²) in [5.74, 6) is 0. The zero-order valence-electron chi connectivity index (χ0n) is 17.0. The van der Waals surface area contributed by atoms with Crippen LogP contribution in [0.3, 0.4) is 0 Å². The highest BCUT2D eigenvalue weighted by molar-refractivity contribution is 7.22. The molecule has 0 aliphatic carbocycles. The first-order chi connectivity index (χ1) is 13.9. The van der Waals surface area contributed by atoms with Crippen molar-refractivity contribution in [1.29, 1.82) is 0 Å². The molecule has 0 fully saturated rings. The van der Waals surface area contributed by atoms with Crippen molar-refractivity contribution in [3.05, 3.63) is 72.3 Å². The Bertz CT molecular complexity index is 1080. The average Bonchev–Trinajstić information content (AvgIpc) is 3.32. The van der Waals surface area contributed by atoms with Crippen LogP contribution in [0.5, 0.6) is 0 Å². The standard InChI is InChI=1S/C22H25N5OS/c1-15(26(2)3)22(28,20-13-23-14-27(20)4)16-9-11-17(12-10-16)24-21-25-18-7-5-6-8-19(18)29-21/h5-15,28H,1-4H3,(H,24,25). The second-order valence-electron chi connectivity index (χ2n) is 7.48. The summed E-state index contributed by atoms with van der Waals surface area (Å²) in [5, 5.41) is 16.0. The molecule has 29 heavy (non-hydrogen) atoms. The molecule has 2 heterocycles. The molecular weight excluding hydrogens is 382 g/mol. The van der Waals surface area contributed by atoms with Gasteiger partial charge in [0.1, 0.15) is 5.60 Å². The molecule has 0 saturated heterocycles. The number of nitrogens with zero attached hydrogens (tertiary/aromatic N) is 4. The van der Waals surface area contributed by atoms with E-state index < -0.39 is 5.60 Å². The molecule has 0 saturated carbocycles. The molecule has 6 nitrogen and oxygen atoms in total. The largest absolute Gasteiger partial charge is 0.377 e. The van der Waals surface area contributed by atoms with Gasteiger partial charge in [-0.2, -0.15) is 0 Å². The molecule has 0 spiro atoms. The highest BCUT2D eigenvalue weighted by atomic mass is 32.1. The van der Waals surface area contributed by atoms with Crippen molar-refractivity contribution in [3.63, 3.8) is 0 Å². The number of rotatable bonds is 6. The van der Waals surface area contributed by atoms with Crippen LogP contribution in [0.2, 0.25) is 0 Å². The first-order valence-corrected chi connectivity index (χ1v) is 10.3. The van der Waals surface area contributed by atoms with E-state index in [9.17, 15) is 5.11 Å². The first-order valence-electron chi connectivity index (χ1n) is 9.48. The van der Waals surface area contributed by atoms with E-state index in [2.05, 4.69) is 21.4 Å². The summed E-state index contributed by atoms with van der Waals surface area (Å²) < 4.78 is 3.02. The third-order valence-corrected chi connectivity index (χ3v) is 6.41. The third kappa shape index (κ3) is 3.53. The molecule has 7 heteroatoms. The zero-order valence-corrected chi connectivity index (χ0v) is 17.8. The van der Waals surface area contributed by atoms with E-state index in [1.807, 2.05) is 80.0 Å². The van der Waals surface area contributed by atoms with Crippen LogP contribution in [0.25, 0.3) is 10.2 Å². The molecule has 0 bridgehead atoms. The van der Waals surface area contributed by atoms with Gasteiger partial charge in [-0.3, -0.25) is 0 Å². The van der Waals surface area contributed by atoms with Crippen molar-refractivity contribution in [2.45, 2.75) is 18.6 Å². The lowest BCUT2D eigenvalue weighted by molar-refractivity contribution is -0.000698. The number of aromatic nitrogens is 3. The number of fused-ring (bicyclic) bond motifs is 1. The minimum atomic E-state index is -1.19. The second-order valence-corrected chi connectivity index (χ2v) is 8.52. The molecule has 0 radical (unpaired) electrons. The van der Waals surface area contributed by atoms with Gasteiger partial charge in [0.2, 0.25) is 0 Å². The average molecular weight is 408 g/mol. The molecule has 0 amide bonds. The van der Waals surface area contributed by atoms with Gasteiger partial charge in [-0.15, -0.1) is 0 Å². The summed E-state index contributed by atoms with van der Waals surface area (Å²) in [6.07, 6.45) is 3.44. The summed E-state index contributed by atoms with van der Waals surface area (Å²) >= 11 is 1.62. The van der Waals surface area contributed by atoms with Crippen LogP contribution in [0.15, 0.2) is 61.1 Å². The Morgan fingerprint density at radius 1 is 1.14 bits per heavy atom. The van der Waals surface area contributed by atoms with Crippen molar-refractivity contribution in [1.82, 2.24) is 19.4 Å². The Kier molecular flexibility index (Phi) is 5.12. The SMILES string of the molecule is CC(N(C)C)C(O)(c1ccc(Nc2nc3ccccc3s2)cc1)c1cncn1C. The molecule has 0 aliphatic heterocycles. The number of aryl methyl sites for hydroxylation is 1. The van der Waals surface area contributed by atoms with Crippen molar-refractivity contribution in [2.24, 2.45) is 7.05 Å². The predicted octanol–water partition coefficient (Wildman–Crippen LogP) is 3.96. The maximum Gasteiger partial charge on any atom is 0.188 e. The van der Waals surface area contributed by atoms with Gasteiger partial charge in [0, 0.05) is 18.8 Å². The van der Waals surface area contributed by atoms with Crippen molar-refractivity contribution >= 4 is 32.4 Å². The van der Waals surface area contributed by atoms with E-state index in [0.717, 1.165) is 32.3 Å².